The van der Waals surface area contributed by atoms with Crippen LogP contribution in [0.1, 0.15) is 21.7 Å². The molecule has 0 bridgehead atoms. The first-order valence-corrected chi connectivity index (χ1v) is 9.53. The van der Waals surface area contributed by atoms with Crippen LogP contribution in [0, 0.1) is 6.92 Å². The van der Waals surface area contributed by atoms with Crippen LogP contribution in [0.4, 0.5) is 0 Å². The largest absolute Gasteiger partial charge is 0.475 e. The molecule has 0 atom stereocenters. The second-order valence-electron chi connectivity index (χ2n) is 6.05. The number of hydrogen-bond acceptors (Lipinski definition) is 6. The van der Waals surface area contributed by atoms with Crippen LogP contribution < -0.4 is 10.1 Å². The number of carbonyl (C=O) groups excluding carboxylic acids is 1. The van der Waals surface area contributed by atoms with Crippen molar-refractivity contribution < 1.29 is 18.8 Å². The molecular weight excluding hydrogens is 417 g/mol. The average Bonchev–Trinajstić information content (AvgIpc) is 3.08. The standard InChI is InChI=1S/C20H19Cl2N3O4/c1-12-16(18(25-29-12)17-14(21)6-3-7-15(17)22)19(26)24-11-13-5-4-8-23-20(13)28-10-9-27-2/h3-8H,9-11H2,1-2H3,(H,24,26). The molecular formula is C20H19Cl2N3O4. The first kappa shape index (κ1) is 21.1. The van der Waals surface area contributed by atoms with Gasteiger partial charge in [0, 0.05) is 31.0 Å². The molecule has 0 radical (unpaired) electrons. The molecule has 0 saturated heterocycles. The maximum Gasteiger partial charge on any atom is 0.257 e. The molecule has 0 aliphatic carbocycles. The lowest BCUT2D eigenvalue weighted by Crippen LogP contribution is -2.24. The van der Waals surface area contributed by atoms with Gasteiger partial charge in [-0.05, 0) is 25.1 Å². The fourth-order valence-corrected chi connectivity index (χ4v) is 3.28. The number of ether oxygens (including phenoxy) is 2. The molecule has 29 heavy (non-hydrogen) atoms. The van der Waals surface area contributed by atoms with E-state index in [4.69, 9.17) is 37.2 Å². The minimum atomic E-state index is -0.374. The molecule has 3 rings (SSSR count). The molecule has 9 heteroatoms. The van der Waals surface area contributed by atoms with Gasteiger partial charge in [-0.25, -0.2) is 4.98 Å². The van der Waals surface area contributed by atoms with E-state index in [1.54, 1.807) is 44.5 Å². The van der Waals surface area contributed by atoms with E-state index in [0.29, 0.717) is 46.2 Å². The van der Waals surface area contributed by atoms with Crippen LogP contribution in [-0.4, -0.2) is 36.4 Å². The van der Waals surface area contributed by atoms with Crippen molar-refractivity contribution in [2.24, 2.45) is 0 Å². The number of pyridine rings is 1. The number of nitrogens with zero attached hydrogens (tertiary/aromatic N) is 2. The van der Waals surface area contributed by atoms with E-state index in [-0.39, 0.29) is 18.0 Å². The van der Waals surface area contributed by atoms with Gasteiger partial charge in [0.2, 0.25) is 5.88 Å². The zero-order valence-electron chi connectivity index (χ0n) is 15.9. The molecule has 1 aromatic carbocycles. The molecule has 1 amide bonds. The SMILES string of the molecule is COCCOc1ncccc1CNC(=O)c1c(-c2c(Cl)cccc2Cl)noc1C. The molecule has 0 spiro atoms. The Morgan fingerprint density at radius 3 is 2.66 bits per heavy atom. The van der Waals surface area contributed by atoms with Crippen LogP contribution in [0.5, 0.6) is 5.88 Å². The third kappa shape index (κ3) is 4.87. The first-order valence-electron chi connectivity index (χ1n) is 8.77. The number of carbonyl (C=O) groups is 1. The Hall–Kier alpha value is -2.61. The summed E-state index contributed by atoms with van der Waals surface area (Å²) >= 11 is 12.5. The van der Waals surface area contributed by atoms with Crippen molar-refractivity contribution in [1.82, 2.24) is 15.5 Å². The second kappa shape index (κ2) is 9.73. The summed E-state index contributed by atoms with van der Waals surface area (Å²) in [4.78, 5) is 17.1. The predicted molar refractivity (Wildman–Crippen MR) is 109 cm³/mol. The summed E-state index contributed by atoms with van der Waals surface area (Å²) in [7, 11) is 1.59. The van der Waals surface area contributed by atoms with Crippen LogP contribution in [0.3, 0.4) is 0 Å². The van der Waals surface area contributed by atoms with Crippen molar-refractivity contribution in [1.29, 1.82) is 0 Å². The van der Waals surface area contributed by atoms with Crippen molar-refractivity contribution in [2.45, 2.75) is 13.5 Å². The molecule has 0 fully saturated rings. The molecule has 0 aliphatic heterocycles. The molecule has 2 heterocycles. The molecule has 7 nitrogen and oxygen atoms in total. The van der Waals surface area contributed by atoms with Crippen LogP contribution in [0.25, 0.3) is 11.3 Å². The van der Waals surface area contributed by atoms with E-state index >= 15 is 0 Å². The Morgan fingerprint density at radius 1 is 1.17 bits per heavy atom. The van der Waals surface area contributed by atoms with Gasteiger partial charge in [-0.2, -0.15) is 0 Å². The Labute approximate surface area is 177 Å². The van der Waals surface area contributed by atoms with Crippen molar-refractivity contribution in [3.05, 3.63) is 63.5 Å². The number of hydrogen-bond donors (Lipinski definition) is 1. The Balaban J connectivity index is 1.81. The summed E-state index contributed by atoms with van der Waals surface area (Å²) in [5, 5.41) is 7.59. The number of benzene rings is 1. The van der Waals surface area contributed by atoms with Crippen LogP contribution in [-0.2, 0) is 11.3 Å². The Bertz CT molecular complexity index is 987. The normalized spacial score (nSPS) is 10.8. The molecule has 0 saturated carbocycles. The first-order chi connectivity index (χ1) is 14.0. The highest BCUT2D eigenvalue weighted by Crippen LogP contribution is 2.36. The zero-order chi connectivity index (χ0) is 20.8. The lowest BCUT2D eigenvalue weighted by atomic mass is 10.1. The maximum atomic E-state index is 12.9. The summed E-state index contributed by atoms with van der Waals surface area (Å²) < 4.78 is 15.8. The van der Waals surface area contributed by atoms with Crippen LogP contribution in [0.2, 0.25) is 10.0 Å². The maximum absolute atomic E-state index is 12.9. The van der Waals surface area contributed by atoms with Gasteiger partial charge in [0.15, 0.2) is 0 Å². The van der Waals surface area contributed by atoms with E-state index in [1.807, 2.05) is 6.07 Å². The Morgan fingerprint density at radius 2 is 1.93 bits per heavy atom. The van der Waals surface area contributed by atoms with Gasteiger partial charge in [-0.3, -0.25) is 4.79 Å². The van der Waals surface area contributed by atoms with Crippen molar-refractivity contribution in [3.8, 4) is 17.1 Å². The molecule has 3 aromatic rings. The van der Waals surface area contributed by atoms with Gasteiger partial charge in [0.25, 0.3) is 5.91 Å². The number of aryl methyl sites for hydroxylation is 1. The lowest BCUT2D eigenvalue weighted by molar-refractivity contribution is 0.0949. The van der Waals surface area contributed by atoms with E-state index < -0.39 is 0 Å². The summed E-state index contributed by atoms with van der Waals surface area (Å²) in [5.74, 6) is 0.416. The number of nitrogens with one attached hydrogen (secondary N) is 1. The van der Waals surface area contributed by atoms with E-state index in [1.165, 1.54) is 0 Å². The van der Waals surface area contributed by atoms with Crippen molar-refractivity contribution >= 4 is 29.1 Å². The smallest absolute Gasteiger partial charge is 0.257 e. The van der Waals surface area contributed by atoms with Gasteiger partial charge >= 0.3 is 0 Å². The van der Waals surface area contributed by atoms with Crippen LogP contribution >= 0.6 is 23.2 Å². The van der Waals surface area contributed by atoms with E-state index in [9.17, 15) is 4.79 Å². The summed E-state index contributed by atoms with van der Waals surface area (Å²) in [5.41, 5.74) is 1.73. The number of amides is 1. The molecule has 0 aliphatic rings. The molecule has 2 aromatic heterocycles. The number of aromatic nitrogens is 2. The van der Waals surface area contributed by atoms with Gasteiger partial charge in [0.1, 0.15) is 23.6 Å². The molecule has 1 N–H and O–H groups in total. The predicted octanol–water partition coefficient (Wildman–Crippen LogP) is 4.31. The summed E-state index contributed by atoms with van der Waals surface area (Å²) in [6.07, 6.45) is 1.62. The fraction of sp³-hybridized carbons (Fsp3) is 0.250. The van der Waals surface area contributed by atoms with Gasteiger partial charge in [-0.1, -0.05) is 40.5 Å². The molecule has 152 valence electrons. The topological polar surface area (TPSA) is 86.5 Å². The van der Waals surface area contributed by atoms with Gasteiger partial charge in [0.05, 0.1) is 16.7 Å². The highest BCUT2D eigenvalue weighted by molar-refractivity contribution is 6.39. The fourth-order valence-electron chi connectivity index (χ4n) is 2.71. The lowest BCUT2D eigenvalue weighted by Gasteiger charge is -2.11. The average molecular weight is 436 g/mol. The van der Waals surface area contributed by atoms with Gasteiger partial charge < -0.3 is 19.3 Å². The van der Waals surface area contributed by atoms with E-state index in [2.05, 4.69) is 15.5 Å². The van der Waals surface area contributed by atoms with Crippen molar-refractivity contribution in [3.63, 3.8) is 0 Å². The minimum Gasteiger partial charge on any atom is -0.475 e. The highest BCUT2D eigenvalue weighted by Gasteiger charge is 2.25. The third-order valence-electron chi connectivity index (χ3n) is 4.10. The minimum absolute atomic E-state index is 0.204. The monoisotopic (exact) mass is 435 g/mol. The summed E-state index contributed by atoms with van der Waals surface area (Å²) in [6, 6.07) is 8.65. The van der Waals surface area contributed by atoms with Gasteiger partial charge in [-0.15, -0.1) is 0 Å². The van der Waals surface area contributed by atoms with Crippen LogP contribution in [0.15, 0.2) is 41.1 Å². The van der Waals surface area contributed by atoms with Crippen molar-refractivity contribution in [2.75, 3.05) is 20.3 Å². The molecule has 0 unspecified atom stereocenters. The highest BCUT2D eigenvalue weighted by atomic mass is 35.5. The van der Waals surface area contributed by atoms with E-state index in [0.717, 1.165) is 5.56 Å². The second-order valence-corrected chi connectivity index (χ2v) is 6.87. The number of halogens is 2. The zero-order valence-corrected chi connectivity index (χ0v) is 17.4. The number of methoxy groups -OCH3 is 1. The number of rotatable bonds is 8. The quantitative estimate of drug-likeness (QED) is 0.530. The third-order valence-corrected chi connectivity index (χ3v) is 4.73. The Kier molecular flexibility index (Phi) is 7.09. The summed E-state index contributed by atoms with van der Waals surface area (Å²) in [6.45, 7) is 2.65.